The topological polar surface area (TPSA) is 77.8 Å². The van der Waals surface area contributed by atoms with Crippen molar-refractivity contribution >= 4 is 5.97 Å². The minimum atomic E-state index is -1.54. The van der Waals surface area contributed by atoms with E-state index in [4.69, 9.17) is 15.3 Å². The second-order valence-corrected chi connectivity index (χ2v) is 0.819. The van der Waals surface area contributed by atoms with Crippen LogP contribution in [-0.4, -0.2) is 21.3 Å². The zero-order valence-corrected chi connectivity index (χ0v) is 3.33. The molecule has 0 amide bonds. The predicted octanol–water partition coefficient (Wildman–Crippen LogP) is 0.0284. The summed E-state index contributed by atoms with van der Waals surface area (Å²) in [5.41, 5.74) is 0. The van der Waals surface area contributed by atoms with Crippen LogP contribution in [0, 0.1) is 0 Å². The van der Waals surface area contributed by atoms with Gasteiger partial charge in [0, 0.05) is 0 Å². The Bertz CT molecular complexity index is 104. The first kappa shape index (κ1) is 5.81. The summed E-state index contributed by atoms with van der Waals surface area (Å²) in [5.74, 6) is -2.59. The highest BCUT2D eigenvalue weighted by atomic mass is 16.4. The summed E-state index contributed by atoms with van der Waals surface area (Å²) in [5, 5.41) is 23.4. The van der Waals surface area contributed by atoms with E-state index in [1.165, 1.54) is 0 Å². The molecule has 0 aromatic carbocycles. The van der Waals surface area contributed by atoms with Gasteiger partial charge in [-0.25, -0.2) is 4.79 Å². The summed E-state index contributed by atoms with van der Waals surface area (Å²) in [6.07, 6.45) is 0.113. The van der Waals surface area contributed by atoms with Crippen molar-refractivity contribution in [3.05, 3.63) is 12.0 Å². The van der Waals surface area contributed by atoms with Crippen LogP contribution >= 0.6 is 0 Å². The number of aliphatic hydroxyl groups excluding tert-OH is 2. The molecule has 0 bridgehead atoms. The van der Waals surface area contributed by atoms with Gasteiger partial charge in [-0.3, -0.25) is 0 Å². The van der Waals surface area contributed by atoms with Gasteiger partial charge in [0.05, 0.1) is 0 Å². The monoisotopic (exact) mass is 104 g/mol. The van der Waals surface area contributed by atoms with Gasteiger partial charge in [0.1, 0.15) is 6.26 Å². The van der Waals surface area contributed by atoms with Gasteiger partial charge >= 0.3 is 5.97 Å². The predicted molar refractivity (Wildman–Crippen MR) is 21.0 cm³/mol. The second kappa shape index (κ2) is 2.07. The van der Waals surface area contributed by atoms with Gasteiger partial charge in [-0.2, -0.15) is 0 Å². The largest absolute Gasteiger partial charge is 0.511 e. The number of aliphatic hydroxyl groups is 2. The number of hydrogen-bond donors (Lipinski definition) is 3. The maximum Gasteiger partial charge on any atom is 0.374 e. The number of carboxylic acids is 1. The Morgan fingerprint density at radius 1 is 1.43 bits per heavy atom. The molecule has 0 atom stereocenters. The van der Waals surface area contributed by atoms with Gasteiger partial charge in [-0.1, -0.05) is 0 Å². The molecule has 0 spiro atoms. The summed E-state index contributed by atoms with van der Waals surface area (Å²) in [7, 11) is 0. The molecule has 0 radical (unpaired) electrons. The normalized spacial score (nSPS) is 11.1. The first-order valence-corrected chi connectivity index (χ1v) is 1.45. The molecular weight excluding hydrogens is 100 g/mol. The Kier molecular flexibility index (Phi) is 1.72. The standard InChI is InChI=1S/C3H4O4/c4-1-2(5)3(6)7/h1,4-5H,(H,6,7)/b2-1+. The second-order valence-electron chi connectivity index (χ2n) is 0.819. The highest BCUT2D eigenvalue weighted by Gasteiger charge is 1.99. The summed E-state index contributed by atoms with van der Waals surface area (Å²) in [6, 6.07) is 0. The number of carbonyl (C=O) groups is 1. The molecule has 0 aromatic rings. The van der Waals surface area contributed by atoms with E-state index < -0.39 is 11.7 Å². The maximum atomic E-state index is 9.45. The van der Waals surface area contributed by atoms with E-state index in [0.29, 0.717) is 0 Å². The van der Waals surface area contributed by atoms with Crippen LogP contribution in [0.25, 0.3) is 0 Å². The average molecular weight is 104 g/mol. The van der Waals surface area contributed by atoms with Crippen molar-refractivity contribution < 1.29 is 20.1 Å². The van der Waals surface area contributed by atoms with Crippen molar-refractivity contribution in [2.75, 3.05) is 0 Å². The Hall–Kier alpha value is -1.19. The van der Waals surface area contributed by atoms with Crippen LogP contribution in [0.15, 0.2) is 12.0 Å². The molecule has 0 saturated carbocycles. The third-order valence-corrected chi connectivity index (χ3v) is 0.341. The van der Waals surface area contributed by atoms with Crippen LogP contribution in [-0.2, 0) is 4.79 Å². The van der Waals surface area contributed by atoms with E-state index >= 15 is 0 Å². The van der Waals surface area contributed by atoms with Crippen molar-refractivity contribution in [1.29, 1.82) is 0 Å². The fraction of sp³-hybridized carbons (Fsp3) is 0. The lowest BCUT2D eigenvalue weighted by Gasteiger charge is -1.82. The highest BCUT2D eigenvalue weighted by molar-refractivity contribution is 5.83. The zero-order valence-electron chi connectivity index (χ0n) is 3.33. The van der Waals surface area contributed by atoms with Gasteiger partial charge in [0.25, 0.3) is 0 Å². The minimum Gasteiger partial charge on any atom is -0.511 e. The molecule has 0 aliphatic rings. The van der Waals surface area contributed by atoms with Crippen molar-refractivity contribution in [1.82, 2.24) is 0 Å². The average Bonchev–Trinajstić information content (AvgIpc) is 1.65. The minimum absolute atomic E-state index is 0.113. The highest BCUT2D eigenvalue weighted by Crippen LogP contribution is 1.81. The first-order valence-electron chi connectivity index (χ1n) is 1.45. The van der Waals surface area contributed by atoms with Crippen LogP contribution in [0.2, 0.25) is 0 Å². The summed E-state index contributed by atoms with van der Waals surface area (Å²) in [6.45, 7) is 0. The zero-order chi connectivity index (χ0) is 5.86. The summed E-state index contributed by atoms with van der Waals surface area (Å²) in [4.78, 5) is 9.45. The van der Waals surface area contributed by atoms with Crippen molar-refractivity contribution in [2.24, 2.45) is 0 Å². The molecule has 0 aliphatic carbocycles. The molecule has 0 saturated heterocycles. The van der Waals surface area contributed by atoms with E-state index in [9.17, 15) is 4.79 Å². The lowest BCUT2D eigenvalue weighted by atomic mass is 10.6. The molecule has 0 aliphatic heterocycles. The van der Waals surface area contributed by atoms with Crippen LogP contribution in [0.4, 0.5) is 0 Å². The number of aliphatic carboxylic acids is 1. The van der Waals surface area contributed by atoms with Gasteiger partial charge in [0.2, 0.25) is 5.76 Å². The molecule has 0 rings (SSSR count). The summed E-state index contributed by atoms with van der Waals surface area (Å²) < 4.78 is 0. The molecule has 4 nitrogen and oxygen atoms in total. The van der Waals surface area contributed by atoms with E-state index in [1.807, 2.05) is 0 Å². The lowest BCUT2D eigenvalue weighted by Crippen LogP contribution is -1.97. The van der Waals surface area contributed by atoms with Gasteiger partial charge in [-0.15, -0.1) is 0 Å². The molecule has 0 fully saturated rings. The van der Waals surface area contributed by atoms with Gasteiger partial charge in [-0.05, 0) is 0 Å². The van der Waals surface area contributed by atoms with Crippen LogP contribution in [0.5, 0.6) is 0 Å². The molecule has 0 heterocycles. The Morgan fingerprint density at radius 2 is 1.86 bits per heavy atom. The quantitative estimate of drug-likeness (QED) is 0.324. The third-order valence-electron chi connectivity index (χ3n) is 0.341. The smallest absolute Gasteiger partial charge is 0.374 e. The van der Waals surface area contributed by atoms with Gasteiger partial charge in [0.15, 0.2) is 0 Å². The Morgan fingerprint density at radius 3 is 1.86 bits per heavy atom. The summed E-state index contributed by atoms with van der Waals surface area (Å²) >= 11 is 0. The maximum absolute atomic E-state index is 9.45. The first-order chi connectivity index (χ1) is 3.18. The molecular formula is C3H4O4. The lowest BCUT2D eigenvalue weighted by molar-refractivity contribution is -0.135. The third kappa shape index (κ3) is 1.64. The van der Waals surface area contributed by atoms with E-state index in [1.54, 1.807) is 0 Å². The van der Waals surface area contributed by atoms with Gasteiger partial charge < -0.3 is 15.3 Å². The molecule has 7 heavy (non-hydrogen) atoms. The number of hydrogen-bond acceptors (Lipinski definition) is 3. The Balaban J connectivity index is 3.82. The van der Waals surface area contributed by atoms with Crippen LogP contribution in [0.3, 0.4) is 0 Å². The van der Waals surface area contributed by atoms with Crippen molar-refractivity contribution in [3.63, 3.8) is 0 Å². The van der Waals surface area contributed by atoms with Crippen LogP contribution in [0.1, 0.15) is 0 Å². The molecule has 0 unspecified atom stereocenters. The van der Waals surface area contributed by atoms with E-state index in [2.05, 4.69) is 0 Å². The number of carboxylic acid groups (broad SMARTS) is 1. The molecule has 3 N–H and O–H groups in total. The van der Waals surface area contributed by atoms with E-state index in [0.717, 1.165) is 0 Å². The van der Waals surface area contributed by atoms with E-state index in [-0.39, 0.29) is 6.26 Å². The van der Waals surface area contributed by atoms with Crippen molar-refractivity contribution in [2.45, 2.75) is 0 Å². The SMILES string of the molecule is O=C(O)/C(O)=C\O. The molecule has 0 aromatic heterocycles. The fourth-order valence-electron chi connectivity index (χ4n) is 0.0552. The Labute approximate surface area is 39.3 Å². The number of rotatable bonds is 1. The molecule has 40 valence electrons. The fourth-order valence-corrected chi connectivity index (χ4v) is 0.0552. The molecule has 4 heteroatoms. The van der Waals surface area contributed by atoms with Crippen LogP contribution < -0.4 is 0 Å². The van der Waals surface area contributed by atoms with Crippen molar-refractivity contribution in [3.8, 4) is 0 Å².